The molecule has 0 spiro atoms. The van der Waals surface area contributed by atoms with Crippen molar-refractivity contribution in [2.45, 2.75) is 51.5 Å². The van der Waals surface area contributed by atoms with E-state index in [4.69, 9.17) is 16.1 Å². The number of likely N-dealkylation sites (tertiary alicyclic amines) is 1. The van der Waals surface area contributed by atoms with E-state index in [9.17, 15) is 4.79 Å². The van der Waals surface area contributed by atoms with Gasteiger partial charge in [-0.3, -0.25) is 9.69 Å². The molecule has 1 saturated heterocycles. The molecule has 6 nitrogen and oxygen atoms in total. The van der Waals surface area contributed by atoms with E-state index in [-0.39, 0.29) is 11.8 Å². The minimum Gasteiger partial charge on any atom is -0.356 e. The molecular formula is C23H29ClN4O2. The average molecular weight is 429 g/mol. The van der Waals surface area contributed by atoms with Gasteiger partial charge in [-0.15, -0.1) is 0 Å². The van der Waals surface area contributed by atoms with Crippen LogP contribution in [0.25, 0.3) is 11.4 Å². The highest BCUT2D eigenvalue weighted by molar-refractivity contribution is 6.30. The molecule has 0 atom stereocenters. The summed E-state index contributed by atoms with van der Waals surface area (Å²) in [6.07, 6.45) is 10.1. The molecule has 1 aliphatic heterocycles. The van der Waals surface area contributed by atoms with Gasteiger partial charge in [0.05, 0.1) is 6.54 Å². The van der Waals surface area contributed by atoms with Crippen LogP contribution in [0.5, 0.6) is 0 Å². The zero-order valence-corrected chi connectivity index (χ0v) is 18.0. The Morgan fingerprint density at radius 1 is 1.27 bits per heavy atom. The van der Waals surface area contributed by atoms with Gasteiger partial charge in [-0.05, 0) is 70.2 Å². The molecule has 0 saturated carbocycles. The number of rotatable bonds is 7. The first kappa shape index (κ1) is 21.1. The van der Waals surface area contributed by atoms with Gasteiger partial charge in [-0.2, -0.15) is 4.98 Å². The Kier molecular flexibility index (Phi) is 7.18. The fourth-order valence-corrected chi connectivity index (χ4v) is 4.42. The smallest absolute Gasteiger partial charge is 0.241 e. The topological polar surface area (TPSA) is 71.3 Å². The van der Waals surface area contributed by atoms with E-state index >= 15 is 0 Å². The lowest BCUT2D eigenvalue weighted by atomic mass is 9.95. The SMILES string of the molecule is O=C(NCCC1=CCCCC1)C1CCN(Cc2nc(-c3cccc(Cl)c3)no2)CC1. The number of allylic oxidation sites excluding steroid dienone is 1. The quantitative estimate of drug-likeness (QED) is 0.652. The zero-order valence-electron chi connectivity index (χ0n) is 17.3. The lowest BCUT2D eigenvalue weighted by molar-refractivity contribution is -0.126. The van der Waals surface area contributed by atoms with Crippen molar-refractivity contribution >= 4 is 17.5 Å². The Morgan fingerprint density at radius 2 is 2.13 bits per heavy atom. The third-order valence-electron chi connectivity index (χ3n) is 6.00. The summed E-state index contributed by atoms with van der Waals surface area (Å²) in [5, 5.41) is 7.86. The van der Waals surface area contributed by atoms with Gasteiger partial charge in [-0.1, -0.05) is 40.5 Å². The summed E-state index contributed by atoms with van der Waals surface area (Å²) in [6, 6.07) is 7.43. The summed E-state index contributed by atoms with van der Waals surface area (Å²) in [6.45, 7) is 3.09. The molecule has 1 amide bonds. The Hall–Kier alpha value is -2.18. The first-order valence-corrected chi connectivity index (χ1v) is 11.3. The van der Waals surface area contributed by atoms with E-state index in [0.717, 1.165) is 44.5 Å². The fraction of sp³-hybridized carbons (Fsp3) is 0.522. The number of nitrogens with zero attached hydrogens (tertiary/aromatic N) is 3. The van der Waals surface area contributed by atoms with Crippen LogP contribution in [-0.4, -0.2) is 40.6 Å². The van der Waals surface area contributed by atoms with E-state index < -0.39 is 0 Å². The summed E-state index contributed by atoms with van der Waals surface area (Å²) in [4.78, 5) is 19.3. The number of hydrogen-bond donors (Lipinski definition) is 1. The molecule has 1 aliphatic carbocycles. The standard InChI is InChI=1S/C23H29ClN4O2/c24-20-8-4-7-19(15-20)22-26-21(30-27-22)16-28-13-10-18(11-14-28)23(29)25-12-9-17-5-2-1-3-6-17/h4-5,7-8,15,18H,1-3,6,9-14,16H2,(H,25,29). The maximum absolute atomic E-state index is 12.5. The molecule has 0 unspecified atom stereocenters. The van der Waals surface area contributed by atoms with Crippen molar-refractivity contribution < 1.29 is 9.32 Å². The summed E-state index contributed by atoms with van der Waals surface area (Å²) >= 11 is 6.04. The summed E-state index contributed by atoms with van der Waals surface area (Å²) in [5.41, 5.74) is 2.35. The highest BCUT2D eigenvalue weighted by Gasteiger charge is 2.26. The number of nitrogens with one attached hydrogen (secondary N) is 1. The number of halogens is 1. The minimum atomic E-state index is 0.103. The van der Waals surface area contributed by atoms with Crippen LogP contribution in [0.2, 0.25) is 5.02 Å². The van der Waals surface area contributed by atoms with Crippen LogP contribution in [0.3, 0.4) is 0 Å². The number of amides is 1. The summed E-state index contributed by atoms with van der Waals surface area (Å²) in [5.74, 6) is 1.45. The molecule has 1 N–H and O–H groups in total. The van der Waals surface area contributed by atoms with Crippen LogP contribution in [0, 0.1) is 5.92 Å². The van der Waals surface area contributed by atoms with Crippen molar-refractivity contribution in [2.75, 3.05) is 19.6 Å². The molecule has 1 fully saturated rings. The molecule has 1 aromatic carbocycles. The summed E-state index contributed by atoms with van der Waals surface area (Å²) < 4.78 is 5.42. The predicted molar refractivity (Wildman–Crippen MR) is 117 cm³/mol. The zero-order chi connectivity index (χ0) is 20.8. The predicted octanol–water partition coefficient (Wildman–Crippen LogP) is 4.61. The van der Waals surface area contributed by atoms with Crippen molar-refractivity contribution in [2.24, 2.45) is 5.92 Å². The van der Waals surface area contributed by atoms with E-state index in [1.165, 1.54) is 31.3 Å². The fourth-order valence-electron chi connectivity index (χ4n) is 4.23. The van der Waals surface area contributed by atoms with Crippen molar-refractivity contribution in [1.29, 1.82) is 0 Å². The van der Waals surface area contributed by atoms with Gasteiger partial charge in [0.1, 0.15) is 0 Å². The summed E-state index contributed by atoms with van der Waals surface area (Å²) in [7, 11) is 0. The maximum atomic E-state index is 12.5. The van der Waals surface area contributed by atoms with Gasteiger partial charge in [0.15, 0.2) is 0 Å². The van der Waals surface area contributed by atoms with Gasteiger partial charge in [0, 0.05) is 23.0 Å². The highest BCUT2D eigenvalue weighted by atomic mass is 35.5. The molecule has 2 aromatic rings. The monoisotopic (exact) mass is 428 g/mol. The number of benzene rings is 1. The normalized spacial score (nSPS) is 18.2. The van der Waals surface area contributed by atoms with Gasteiger partial charge in [0.25, 0.3) is 0 Å². The van der Waals surface area contributed by atoms with Crippen molar-refractivity contribution in [3.8, 4) is 11.4 Å². The van der Waals surface area contributed by atoms with Gasteiger partial charge in [-0.25, -0.2) is 0 Å². The van der Waals surface area contributed by atoms with Gasteiger partial charge < -0.3 is 9.84 Å². The molecule has 0 radical (unpaired) electrons. The Morgan fingerprint density at radius 3 is 2.90 bits per heavy atom. The number of aromatic nitrogens is 2. The second-order valence-electron chi connectivity index (χ2n) is 8.22. The number of piperidine rings is 1. The molecule has 160 valence electrons. The van der Waals surface area contributed by atoms with Crippen LogP contribution in [0.4, 0.5) is 0 Å². The van der Waals surface area contributed by atoms with Crippen LogP contribution in [-0.2, 0) is 11.3 Å². The lowest BCUT2D eigenvalue weighted by Crippen LogP contribution is -2.40. The van der Waals surface area contributed by atoms with Gasteiger partial charge in [0.2, 0.25) is 17.6 Å². The van der Waals surface area contributed by atoms with E-state index in [1.54, 1.807) is 0 Å². The molecule has 30 heavy (non-hydrogen) atoms. The van der Waals surface area contributed by atoms with Crippen molar-refractivity contribution in [3.05, 3.63) is 46.8 Å². The third kappa shape index (κ3) is 5.70. The molecule has 7 heteroatoms. The number of hydrogen-bond acceptors (Lipinski definition) is 5. The van der Waals surface area contributed by atoms with E-state index in [1.807, 2.05) is 24.3 Å². The average Bonchev–Trinajstić information content (AvgIpc) is 3.23. The number of carbonyl (C=O) groups excluding carboxylic acids is 1. The van der Waals surface area contributed by atoms with Crippen molar-refractivity contribution in [1.82, 2.24) is 20.4 Å². The van der Waals surface area contributed by atoms with Gasteiger partial charge >= 0.3 is 0 Å². The molecular weight excluding hydrogens is 400 g/mol. The molecule has 0 bridgehead atoms. The molecule has 2 aliphatic rings. The van der Waals surface area contributed by atoms with E-state index in [0.29, 0.717) is 23.3 Å². The Balaban J connectivity index is 1.20. The Labute approximate surface area is 182 Å². The minimum absolute atomic E-state index is 0.103. The molecule has 2 heterocycles. The highest BCUT2D eigenvalue weighted by Crippen LogP contribution is 2.23. The molecule has 1 aromatic heterocycles. The maximum Gasteiger partial charge on any atom is 0.241 e. The third-order valence-corrected chi connectivity index (χ3v) is 6.23. The second-order valence-corrected chi connectivity index (χ2v) is 8.66. The first-order valence-electron chi connectivity index (χ1n) is 10.9. The van der Waals surface area contributed by atoms with Crippen LogP contribution in [0.1, 0.15) is 50.8 Å². The molecule has 4 rings (SSSR count). The largest absolute Gasteiger partial charge is 0.356 e. The lowest BCUT2D eigenvalue weighted by Gasteiger charge is -2.30. The second kappa shape index (κ2) is 10.2. The Bertz CT molecular complexity index is 887. The first-order chi connectivity index (χ1) is 14.7. The van der Waals surface area contributed by atoms with Crippen molar-refractivity contribution in [3.63, 3.8) is 0 Å². The van der Waals surface area contributed by atoms with Crippen LogP contribution < -0.4 is 5.32 Å². The van der Waals surface area contributed by atoms with Crippen LogP contribution >= 0.6 is 11.6 Å². The van der Waals surface area contributed by atoms with Crippen LogP contribution in [0.15, 0.2) is 40.4 Å². The number of carbonyl (C=O) groups is 1. The van der Waals surface area contributed by atoms with E-state index in [2.05, 4.69) is 26.4 Å².